The summed E-state index contributed by atoms with van der Waals surface area (Å²) >= 11 is 0. The lowest BCUT2D eigenvalue weighted by atomic mass is 9.88. The highest BCUT2D eigenvalue weighted by Crippen LogP contribution is 2.45. The third-order valence-electron chi connectivity index (χ3n) is 8.77. The van der Waals surface area contributed by atoms with Crippen LogP contribution in [0.1, 0.15) is 5.56 Å². The molecule has 0 radical (unpaired) electrons. The predicted molar refractivity (Wildman–Crippen MR) is 182 cm³/mol. The van der Waals surface area contributed by atoms with Gasteiger partial charge in [0.15, 0.2) is 17.5 Å². The van der Waals surface area contributed by atoms with E-state index in [4.69, 9.17) is 19.9 Å². The number of anilines is 1. The number of amidine groups is 1. The number of para-hydroxylation sites is 1. The first-order valence-electron chi connectivity index (χ1n) is 15.2. The summed E-state index contributed by atoms with van der Waals surface area (Å²) in [7, 11) is 0. The van der Waals surface area contributed by atoms with Gasteiger partial charge in [0.05, 0.1) is 17.8 Å². The molecule has 5 aromatic carbocycles. The monoisotopic (exact) mass is 577 g/mol. The predicted octanol–water partition coefficient (Wildman–Crippen LogP) is 8.65. The third kappa shape index (κ3) is 4.32. The molecule has 2 aliphatic heterocycles. The molecule has 3 heterocycles. The molecular weight excluding hydrogens is 550 g/mol. The Morgan fingerprint density at radius 1 is 0.444 bits per heavy atom. The van der Waals surface area contributed by atoms with E-state index in [1.54, 1.807) is 0 Å². The summed E-state index contributed by atoms with van der Waals surface area (Å²) in [4.78, 5) is 22.2. The highest BCUT2D eigenvalue weighted by atomic mass is 15.3. The van der Waals surface area contributed by atoms with E-state index < -0.39 is 0 Å². The Bertz CT molecular complexity index is 2110. The number of fused-ring (bicyclic) bond motifs is 8. The molecule has 1 aromatic heterocycles. The van der Waals surface area contributed by atoms with Gasteiger partial charge < -0.3 is 4.90 Å². The molecule has 0 bridgehead atoms. The Hall–Kier alpha value is -5.94. The van der Waals surface area contributed by atoms with Crippen LogP contribution >= 0.6 is 0 Å². The van der Waals surface area contributed by atoms with Crippen LogP contribution < -0.4 is 4.90 Å². The van der Waals surface area contributed by atoms with Crippen molar-refractivity contribution in [1.82, 2.24) is 15.0 Å². The molecule has 45 heavy (non-hydrogen) atoms. The normalized spacial score (nSPS) is 17.2. The van der Waals surface area contributed by atoms with E-state index in [0.717, 1.165) is 33.7 Å². The number of rotatable bonds is 4. The van der Waals surface area contributed by atoms with E-state index >= 15 is 0 Å². The zero-order valence-electron chi connectivity index (χ0n) is 24.3. The van der Waals surface area contributed by atoms with E-state index in [0.29, 0.717) is 17.5 Å². The standard InChI is InChI=1S/C40H27N5/c1-3-11-27(12-4-1)37-42-38(28-13-5-2-6-14-28)44-39(43-37)29-21-19-26(20-22-29)30-23-24-32-33(25-30)31-15-7-9-17-35(31)45-36-18-10-8-16-34(36)41-40(32)45/h1-25,34,36H. The molecular formula is C40H27N5. The summed E-state index contributed by atoms with van der Waals surface area (Å²) in [6.45, 7) is 0. The van der Waals surface area contributed by atoms with Crippen LogP contribution in [0.5, 0.6) is 0 Å². The van der Waals surface area contributed by atoms with Crippen molar-refractivity contribution in [3.8, 4) is 56.4 Å². The van der Waals surface area contributed by atoms with Crippen LogP contribution in [-0.4, -0.2) is 32.9 Å². The molecule has 2 atom stereocenters. The van der Waals surface area contributed by atoms with Gasteiger partial charge in [0.2, 0.25) is 0 Å². The van der Waals surface area contributed by atoms with Gasteiger partial charge >= 0.3 is 0 Å². The quantitative estimate of drug-likeness (QED) is 0.210. The van der Waals surface area contributed by atoms with Gasteiger partial charge in [-0.1, -0.05) is 140 Å². The zero-order chi connectivity index (χ0) is 29.7. The minimum atomic E-state index is 0.136. The van der Waals surface area contributed by atoms with Crippen molar-refractivity contribution >= 4 is 11.5 Å². The van der Waals surface area contributed by atoms with Crippen molar-refractivity contribution in [1.29, 1.82) is 0 Å². The lowest BCUT2D eigenvalue weighted by molar-refractivity contribution is 0.739. The van der Waals surface area contributed by atoms with Gasteiger partial charge in [-0.05, 0) is 28.8 Å². The molecule has 0 saturated carbocycles. The molecule has 6 aromatic rings. The van der Waals surface area contributed by atoms with Crippen LogP contribution in [0.3, 0.4) is 0 Å². The number of benzene rings is 5. The maximum Gasteiger partial charge on any atom is 0.164 e. The molecule has 5 nitrogen and oxygen atoms in total. The van der Waals surface area contributed by atoms with E-state index in [9.17, 15) is 0 Å². The van der Waals surface area contributed by atoms with Crippen molar-refractivity contribution in [2.75, 3.05) is 4.90 Å². The van der Waals surface area contributed by atoms with Crippen LogP contribution in [0.15, 0.2) is 157 Å². The number of allylic oxidation sites excluding steroid dienone is 2. The van der Waals surface area contributed by atoms with E-state index in [1.165, 1.54) is 22.4 Å². The number of hydrogen-bond donors (Lipinski definition) is 0. The molecule has 3 aliphatic rings. The van der Waals surface area contributed by atoms with Crippen LogP contribution in [0.2, 0.25) is 0 Å². The van der Waals surface area contributed by atoms with Crippen LogP contribution in [0.4, 0.5) is 5.69 Å². The molecule has 2 unspecified atom stereocenters. The van der Waals surface area contributed by atoms with E-state index in [-0.39, 0.29) is 12.1 Å². The van der Waals surface area contributed by atoms with Crippen LogP contribution in [0, 0.1) is 0 Å². The van der Waals surface area contributed by atoms with Crippen molar-refractivity contribution in [2.45, 2.75) is 12.1 Å². The highest BCUT2D eigenvalue weighted by Gasteiger charge is 2.40. The van der Waals surface area contributed by atoms with E-state index in [2.05, 4.69) is 95.9 Å². The second-order valence-electron chi connectivity index (χ2n) is 11.5. The van der Waals surface area contributed by atoms with Crippen molar-refractivity contribution in [2.24, 2.45) is 4.99 Å². The average molecular weight is 578 g/mol. The van der Waals surface area contributed by atoms with Crippen molar-refractivity contribution < 1.29 is 0 Å². The fourth-order valence-electron chi connectivity index (χ4n) is 6.56. The van der Waals surface area contributed by atoms with Gasteiger partial charge in [-0.2, -0.15) is 0 Å². The Labute approximate surface area is 261 Å². The first-order valence-corrected chi connectivity index (χ1v) is 15.2. The minimum absolute atomic E-state index is 0.136. The largest absolute Gasteiger partial charge is 0.316 e. The summed E-state index contributed by atoms with van der Waals surface area (Å²) < 4.78 is 0. The highest BCUT2D eigenvalue weighted by molar-refractivity contribution is 6.21. The van der Waals surface area contributed by atoms with Gasteiger partial charge in [0.1, 0.15) is 5.84 Å². The van der Waals surface area contributed by atoms with Crippen LogP contribution in [0.25, 0.3) is 56.4 Å². The van der Waals surface area contributed by atoms with Crippen molar-refractivity contribution in [3.05, 3.63) is 157 Å². The second kappa shape index (κ2) is 10.4. The Balaban J connectivity index is 1.10. The van der Waals surface area contributed by atoms with Gasteiger partial charge in [-0.3, -0.25) is 4.99 Å². The lowest BCUT2D eigenvalue weighted by Crippen LogP contribution is -2.41. The summed E-state index contributed by atoms with van der Waals surface area (Å²) in [6.07, 6.45) is 8.70. The summed E-state index contributed by atoms with van der Waals surface area (Å²) in [6, 6.07) is 44.4. The minimum Gasteiger partial charge on any atom is -0.316 e. The summed E-state index contributed by atoms with van der Waals surface area (Å²) in [5.41, 5.74) is 9.99. The smallest absolute Gasteiger partial charge is 0.164 e. The molecule has 0 saturated heterocycles. The lowest BCUT2D eigenvalue weighted by Gasteiger charge is -2.35. The Kier molecular flexibility index (Phi) is 5.88. The van der Waals surface area contributed by atoms with Gasteiger partial charge in [0, 0.05) is 27.8 Å². The molecule has 1 aliphatic carbocycles. The first-order chi connectivity index (χ1) is 22.3. The number of nitrogens with zero attached hydrogens (tertiary/aromatic N) is 5. The maximum absolute atomic E-state index is 5.16. The van der Waals surface area contributed by atoms with Crippen LogP contribution in [-0.2, 0) is 0 Å². The zero-order valence-corrected chi connectivity index (χ0v) is 24.3. The summed E-state index contributed by atoms with van der Waals surface area (Å²) in [5.74, 6) is 3.02. The number of aromatic nitrogens is 3. The van der Waals surface area contributed by atoms with Crippen molar-refractivity contribution in [3.63, 3.8) is 0 Å². The van der Waals surface area contributed by atoms with E-state index in [1.807, 2.05) is 60.7 Å². The third-order valence-corrected chi connectivity index (χ3v) is 8.77. The molecule has 0 fully saturated rings. The summed E-state index contributed by atoms with van der Waals surface area (Å²) in [5, 5.41) is 0. The average Bonchev–Trinajstić information content (AvgIpc) is 3.52. The molecule has 0 spiro atoms. The molecule has 212 valence electrons. The topological polar surface area (TPSA) is 54.3 Å². The Morgan fingerprint density at radius 3 is 1.69 bits per heavy atom. The molecule has 0 amide bonds. The maximum atomic E-state index is 5.16. The number of aliphatic imine (C=N–C) groups is 1. The Morgan fingerprint density at radius 2 is 1.00 bits per heavy atom. The SMILES string of the molecule is C1=CC2N=C3c4ccc(-c5ccc(-c6nc(-c7ccccc7)nc(-c7ccccc7)n6)cc5)cc4-c4ccccc4N3C2C=C1. The molecule has 0 N–H and O–H groups in total. The number of hydrogen-bond acceptors (Lipinski definition) is 5. The fourth-order valence-corrected chi connectivity index (χ4v) is 6.56. The molecule has 9 rings (SSSR count). The fraction of sp³-hybridized carbons (Fsp3) is 0.0500. The first kappa shape index (κ1) is 25.5. The van der Waals surface area contributed by atoms with Gasteiger partial charge in [-0.15, -0.1) is 0 Å². The van der Waals surface area contributed by atoms with Gasteiger partial charge in [-0.25, -0.2) is 15.0 Å². The molecule has 5 heteroatoms. The van der Waals surface area contributed by atoms with Gasteiger partial charge in [0.25, 0.3) is 0 Å². The second-order valence-corrected chi connectivity index (χ2v) is 11.5.